The first-order chi connectivity index (χ1) is 12.1. The summed E-state index contributed by atoms with van der Waals surface area (Å²) in [6, 6.07) is 15.7. The highest BCUT2D eigenvalue weighted by molar-refractivity contribution is 5.85. The molecule has 0 aliphatic carbocycles. The molecule has 0 N–H and O–H groups in total. The zero-order valence-electron chi connectivity index (χ0n) is 15.0. The Kier molecular flexibility index (Phi) is 5.22. The molecule has 130 valence electrons. The molecule has 2 aromatic carbocycles. The molecule has 1 atom stereocenters. The minimum absolute atomic E-state index is 0.0765. The Morgan fingerprint density at radius 2 is 1.88 bits per heavy atom. The molecule has 0 aliphatic rings. The van der Waals surface area contributed by atoms with Gasteiger partial charge in [-0.25, -0.2) is 4.79 Å². The summed E-state index contributed by atoms with van der Waals surface area (Å²) in [6.07, 6.45) is 2.96. The maximum absolute atomic E-state index is 12.0. The first-order valence-electron chi connectivity index (χ1n) is 8.88. The van der Waals surface area contributed by atoms with Crippen molar-refractivity contribution in [3.05, 3.63) is 75.6 Å². The minimum atomic E-state index is -0.296. The molecular weight excluding hydrogens is 312 g/mol. The van der Waals surface area contributed by atoms with Crippen molar-refractivity contribution in [2.45, 2.75) is 46.1 Å². The third kappa shape index (κ3) is 3.76. The Morgan fingerprint density at radius 1 is 1.12 bits per heavy atom. The van der Waals surface area contributed by atoms with Crippen LogP contribution in [0.25, 0.3) is 11.0 Å². The van der Waals surface area contributed by atoms with Crippen molar-refractivity contribution in [1.29, 1.82) is 0 Å². The Labute approximate surface area is 148 Å². The van der Waals surface area contributed by atoms with E-state index in [1.54, 1.807) is 6.07 Å². The smallest absolute Gasteiger partial charge is 0.336 e. The molecule has 0 fully saturated rings. The summed E-state index contributed by atoms with van der Waals surface area (Å²) >= 11 is 0. The zero-order valence-corrected chi connectivity index (χ0v) is 15.0. The molecule has 0 aliphatic heterocycles. The van der Waals surface area contributed by atoms with Gasteiger partial charge in [-0.2, -0.15) is 0 Å². The summed E-state index contributed by atoms with van der Waals surface area (Å²) < 4.78 is 11.6. The topological polar surface area (TPSA) is 39.4 Å². The molecule has 0 spiro atoms. The molecule has 0 amide bonds. The van der Waals surface area contributed by atoms with Crippen LogP contribution in [0.1, 0.15) is 49.5 Å². The predicted molar refractivity (Wildman–Crippen MR) is 101 cm³/mol. The third-order valence-corrected chi connectivity index (χ3v) is 4.57. The van der Waals surface area contributed by atoms with Crippen LogP contribution in [0, 0.1) is 6.92 Å². The summed E-state index contributed by atoms with van der Waals surface area (Å²) in [7, 11) is 0. The number of unbranched alkanes of at least 4 members (excludes halogenated alkanes) is 1. The van der Waals surface area contributed by atoms with Gasteiger partial charge in [-0.3, -0.25) is 0 Å². The second-order valence-corrected chi connectivity index (χ2v) is 6.43. The lowest BCUT2D eigenvalue weighted by atomic mass is 10.0. The van der Waals surface area contributed by atoms with Crippen LogP contribution in [0.2, 0.25) is 0 Å². The van der Waals surface area contributed by atoms with Crippen molar-refractivity contribution < 1.29 is 9.15 Å². The minimum Gasteiger partial charge on any atom is -0.486 e. The average molecular weight is 336 g/mol. The van der Waals surface area contributed by atoms with Crippen LogP contribution in [0.4, 0.5) is 0 Å². The first-order valence-corrected chi connectivity index (χ1v) is 8.88. The summed E-state index contributed by atoms with van der Waals surface area (Å²) in [5, 5.41) is 1.00. The van der Waals surface area contributed by atoms with Gasteiger partial charge in [0.2, 0.25) is 0 Å². The second-order valence-electron chi connectivity index (χ2n) is 6.43. The van der Waals surface area contributed by atoms with Gasteiger partial charge < -0.3 is 9.15 Å². The van der Waals surface area contributed by atoms with Crippen molar-refractivity contribution in [3.63, 3.8) is 0 Å². The fourth-order valence-corrected chi connectivity index (χ4v) is 3.09. The molecular formula is C22H24O3. The van der Waals surface area contributed by atoms with E-state index in [1.807, 2.05) is 56.3 Å². The number of hydrogen-bond donors (Lipinski definition) is 0. The van der Waals surface area contributed by atoms with E-state index in [0.717, 1.165) is 47.1 Å². The van der Waals surface area contributed by atoms with Crippen LogP contribution >= 0.6 is 0 Å². The number of ether oxygens (including phenoxy) is 1. The molecule has 3 aromatic rings. The van der Waals surface area contributed by atoms with E-state index in [-0.39, 0.29) is 11.7 Å². The van der Waals surface area contributed by atoms with Gasteiger partial charge in [0, 0.05) is 17.0 Å². The lowest BCUT2D eigenvalue weighted by Gasteiger charge is -2.18. The van der Waals surface area contributed by atoms with E-state index in [0.29, 0.717) is 5.58 Å². The first kappa shape index (κ1) is 17.3. The van der Waals surface area contributed by atoms with Crippen molar-refractivity contribution in [2.75, 3.05) is 0 Å². The van der Waals surface area contributed by atoms with Crippen LogP contribution < -0.4 is 10.4 Å². The second kappa shape index (κ2) is 7.56. The predicted octanol–water partition coefficient (Wildman–Crippen LogP) is 5.58. The van der Waals surface area contributed by atoms with Crippen molar-refractivity contribution in [2.24, 2.45) is 0 Å². The summed E-state index contributed by atoms with van der Waals surface area (Å²) in [4.78, 5) is 12.0. The van der Waals surface area contributed by atoms with E-state index in [9.17, 15) is 4.79 Å². The SMILES string of the molecule is CCCCc1cc(=O)oc2c(C)c(O[C@@H](C)c3ccccc3)ccc12. The highest BCUT2D eigenvalue weighted by atomic mass is 16.5. The van der Waals surface area contributed by atoms with E-state index >= 15 is 0 Å². The van der Waals surface area contributed by atoms with Gasteiger partial charge in [-0.15, -0.1) is 0 Å². The van der Waals surface area contributed by atoms with Crippen molar-refractivity contribution in [1.82, 2.24) is 0 Å². The van der Waals surface area contributed by atoms with Gasteiger partial charge in [-0.05, 0) is 49.9 Å². The fraction of sp³-hybridized carbons (Fsp3) is 0.318. The average Bonchev–Trinajstić information content (AvgIpc) is 2.63. The van der Waals surface area contributed by atoms with Gasteiger partial charge in [0.1, 0.15) is 17.4 Å². The number of benzene rings is 2. The summed E-state index contributed by atoms with van der Waals surface area (Å²) in [5.41, 5.74) is 3.38. The third-order valence-electron chi connectivity index (χ3n) is 4.57. The number of fused-ring (bicyclic) bond motifs is 1. The highest BCUT2D eigenvalue weighted by Gasteiger charge is 2.14. The van der Waals surface area contributed by atoms with Crippen LogP contribution in [-0.2, 0) is 6.42 Å². The maximum Gasteiger partial charge on any atom is 0.336 e. The Bertz CT molecular complexity index is 910. The van der Waals surface area contributed by atoms with Crippen LogP contribution in [0.15, 0.2) is 57.7 Å². The highest BCUT2D eigenvalue weighted by Crippen LogP contribution is 2.31. The molecule has 1 aromatic heterocycles. The Balaban J connectivity index is 1.98. The zero-order chi connectivity index (χ0) is 17.8. The van der Waals surface area contributed by atoms with Gasteiger partial charge >= 0.3 is 5.63 Å². The number of hydrogen-bond acceptors (Lipinski definition) is 3. The lowest BCUT2D eigenvalue weighted by molar-refractivity contribution is 0.225. The van der Waals surface area contributed by atoms with Gasteiger partial charge in [0.05, 0.1) is 0 Å². The van der Waals surface area contributed by atoms with E-state index in [1.165, 1.54) is 0 Å². The summed E-state index contributed by atoms with van der Waals surface area (Å²) in [5.74, 6) is 0.750. The normalized spacial score (nSPS) is 12.3. The monoisotopic (exact) mass is 336 g/mol. The molecule has 3 rings (SSSR count). The van der Waals surface area contributed by atoms with Crippen molar-refractivity contribution >= 4 is 11.0 Å². The molecule has 0 bridgehead atoms. The fourth-order valence-electron chi connectivity index (χ4n) is 3.09. The number of rotatable bonds is 6. The van der Waals surface area contributed by atoms with Crippen molar-refractivity contribution in [3.8, 4) is 5.75 Å². The number of aryl methyl sites for hydroxylation is 2. The molecule has 0 radical (unpaired) electrons. The standard InChI is InChI=1S/C22H24O3/c1-4-5-9-18-14-21(23)25-22-15(2)20(13-12-19(18)22)24-16(3)17-10-7-6-8-11-17/h6-8,10-14,16H,4-5,9H2,1-3H3/t16-/m0/s1. The molecule has 0 saturated carbocycles. The molecule has 25 heavy (non-hydrogen) atoms. The molecule has 0 saturated heterocycles. The maximum atomic E-state index is 12.0. The van der Waals surface area contributed by atoms with E-state index < -0.39 is 0 Å². The Morgan fingerprint density at radius 3 is 2.60 bits per heavy atom. The van der Waals surface area contributed by atoms with Crippen LogP contribution in [0.5, 0.6) is 5.75 Å². The molecule has 0 unspecified atom stereocenters. The van der Waals surface area contributed by atoms with Gasteiger partial charge in [-0.1, -0.05) is 43.7 Å². The van der Waals surface area contributed by atoms with E-state index in [2.05, 4.69) is 6.92 Å². The Hall–Kier alpha value is -2.55. The summed E-state index contributed by atoms with van der Waals surface area (Å²) in [6.45, 7) is 6.12. The van der Waals surface area contributed by atoms with Gasteiger partial charge in [0.15, 0.2) is 0 Å². The van der Waals surface area contributed by atoms with Gasteiger partial charge in [0.25, 0.3) is 0 Å². The lowest BCUT2D eigenvalue weighted by Crippen LogP contribution is -2.06. The van der Waals surface area contributed by atoms with E-state index in [4.69, 9.17) is 9.15 Å². The molecule has 1 heterocycles. The molecule has 3 heteroatoms. The van der Waals surface area contributed by atoms with Crippen LogP contribution in [-0.4, -0.2) is 0 Å². The largest absolute Gasteiger partial charge is 0.486 e. The molecule has 3 nitrogen and oxygen atoms in total. The quantitative estimate of drug-likeness (QED) is 0.551. The van der Waals surface area contributed by atoms with Crippen LogP contribution in [0.3, 0.4) is 0 Å².